The van der Waals surface area contributed by atoms with Crippen LogP contribution in [0.4, 0.5) is 31.9 Å². The molecule has 1 aliphatic carbocycles. The number of nitrogens with zero attached hydrogens (tertiary/aromatic N) is 5. The summed E-state index contributed by atoms with van der Waals surface area (Å²) in [7, 11) is 1.68. The van der Waals surface area contributed by atoms with Gasteiger partial charge < -0.3 is 20.3 Å². The number of rotatable bonds is 4. The van der Waals surface area contributed by atoms with Gasteiger partial charge in [-0.3, -0.25) is 9.36 Å². The molecule has 0 spiro atoms. The summed E-state index contributed by atoms with van der Waals surface area (Å²) in [5.74, 6) is -2.85. The molecule has 2 fully saturated rings. The molecule has 2 aliphatic heterocycles. The molecule has 6 rings (SSSR count). The van der Waals surface area contributed by atoms with Crippen LogP contribution in [0.15, 0.2) is 23.3 Å². The second kappa shape index (κ2) is 9.21. The van der Waals surface area contributed by atoms with Crippen LogP contribution in [0.5, 0.6) is 5.75 Å². The van der Waals surface area contributed by atoms with E-state index in [0.29, 0.717) is 47.1 Å². The van der Waals surface area contributed by atoms with Crippen molar-refractivity contribution in [1.29, 1.82) is 0 Å². The fourth-order valence-corrected chi connectivity index (χ4v) is 5.63. The highest BCUT2D eigenvalue weighted by molar-refractivity contribution is 6.32. The minimum atomic E-state index is -2.74. The van der Waals surface area contributed by atoms with Crippen LogP contribution in [-0.2, 0) is 7.05 Å². The molecular weight excluding hydrogens is 516 g/mol. The van der Waals surface area contributed by atoms with E-state index in [1.54, 1.807) is 32.0 Å². The molecule has 0 bridgehead atoms. The smallest absolute Gasteiger partial charge is 0.296 e. The number of hydrogen-bond donors (Lipinski definition) is 2. The summed E-state index contributed by atoms with van der Waals surface area (Å²) >= 11 is 6.43. The number of alkyl halides is 2. The lowest BCUT2D eigenvalue weighted by atomic mass is 9.87. The van der Waals surface area contributed by atoms with Crippen LogP contribution in [0, 0.1) is 17.8 Å². The van der Waals surface area contributed by atoms with E-state index < -0.39 is 17.8 Å². The Balaban J connectivity index is 1.34. The number of hydrogen-bond acceptors (Lipinski definition) is 8. The maximum Gasteiger partial charge on any atom is 0.296 e. The normalized spacial score (nSPS) is 24.8. The molecule has 3 atom stereocenters. The molecule has 0 aromatic carbocycles. The molecule has 3 aromatic rings. The summed E-state index contributed by atoms with van der Waals surface area (Å²) in [6.07, 6.45) is 6.24. The van der Waals surface area contributed by atoms with Gasteiger partial charge in [-0.1, -0.05) is 25.4 Å². The molecule has 3 aliphatic rings. The van der Waals surface area contributed by atoms with Gasteiger partial charge in [-0.05, 0) is 24.8 Å². The SMILES string of the molecule is C[C@@H]1CN(c2ncc(Cl)c(Nc3cnc4c(c3)c3c(c(=O)n4C)OCC[C@H](C4CC4)N3)n2)C[C@H](C)C1(F)F. The first kappa shape index (κ1) is 25.1. The average molecular weight is 546 g/mol. The van der Waals surface area contributed by atoms with Crippen LogP contribution in [0.2, 0.25) is 5.02 Å². The summed E-state index contributed by atoms with van der Waals surface area (Å²) in [5.41, 5.74) is 1.55. The van der Waals surface area contributed by atoms with Crippen LogP contribution in [-0.4, -0.2) is 51.2 Å². The Hall–Kier alpha value is -3.21. The Labute approximate surface area is 223 Å². The summed E-state index contributed by atoms with van der Waals surface area (Å²) in [6, 6.07) is 2.12. The quantitative estimate of drug-likeness (QED) is 0.481. The average Bonchev–Trinajstić information content (AvgIpc) is 3.74. The van der Waals surface area contributed by atoms with Crippen molar-refractivity contribution in [2.75, 3.05) is 35.2 Å². The lowest BCUT2D eigenvalue weighted by Gasteiger charge is -2.41. The summed E-state index contributed by atoms with van der Waals surface area (Å²) in [4.78, 5) is 28.2. The highest BCUT2D eigenvalue weighted by Gasteiger charge is 2.47. The van der Waals surface area contributed by atoms with Gasteiger partial charge in [-0.25, -0.2) is 18.7 Å². The Morgan fingerprint density at radius 1 is 1.16 bits per heavy atom. The second-order valence-electron chi connectivity index (χ2n) is 10.8. The van der Waals surface area contributed by atoms with Crippen molar-refractivity contribution in [3.63, 3.8) is 0 Å². The zero-order valence-electron chi connectivity index (χ0n) is 21.5. The van der Waals surface area contributed by atoms with E-state index in [1.165, 1.54) is 23.6 Å². The number of halogens is 3. The molecule has 38 heavy (non-hydrogen) atoms. The van der Waals surface area contributed by atoms with E-state index in [0.717, 1.165) is 11.8 Å². The number of aryl methyl sites for hydroxylation is 1. The molecule has 5 heterocycles. The summed E-state index contributed by atoms with van der Waals surface area (Å²) in [5, 5.41) is 7.81. The molecule has 0 amide bonds. The Morgan fingerprint density at radius 3 is 2.61 bits per heavy atom. The Morgan fingerprint density at radius 2 is 1.89 bits per heavy atom. The number of aromatic nitrogens is 4. The minimum absolute atomic E-state index is 0.143. The highest BCUT2D eigenvalue weighted by atomic mass is 35.5. The van der Waals surface area contributed by atoms with Gasteiger partial charge in [0.05, 0.1) is 30.4 Å². The monoisotopic (exact) mass is 545 g/mol. The molecular formula is C26H30ClF2N7O2. The zero-order chi connectivity index (χ0) is 26.8. The maximum absolute atomic E-state index is 14.4. The first-order valence-electron chi connectivity index (χ1n) is 13.0. The lowest BCUT2D eigenvalue weighted by molar-refractivity contribution is -0.105. The fraction of sp³-hybridized carbons (Fsp3) is 0.538. The van der Waals surface area contributed by atoms with Crippen molar-refractivity contribution in [1.82, 2.24) is 19.5 Å². The van der Waals surface area contributed by atoms with Crippen molar-refractivity contribution >= 4 is 45.8 Å². The van der Waals surface area contributed by atoms with Gasteiger partial charge in [0.2, 0.25) is 11.7 Å². The molecule has 9 nitrogen and oxygen atoms in total. The third-order valence-corrected chi connectivity index (χ3v) is 8.23. The van der Waals surface area contributed by atoms with Gasteiger partial charge in [-0.15, -0.1) is 0 Å². The van der Waals surface area contributed by atoms with Crippen molar-refractivity contribution in [2.24, 2.45) is 24.8 Å². The van der Waals surface area contributed by atoms with Crippen LogP contribution in [0.1, 0.15) is 33.1 Å². The van der Waals surface area contributed by atoms with E-state index in [-0.39, 0.29) is 29.7 Å². The maximum atomic E-state index is 14.4. The first-order chi connectivity index (χ1) is 18.1. The predicted octanol–water partition coefficient (Wildman–Crippen LogP) is 4.82. The third kappa shape index (κ3) is 4.30. The van der Waals surface area contributed by atoms with E-state index in [1.807, 2.05) is 6.07 Å². The van der Waals surface area contributed by atoms with Gasteiger partial charge in [0.15, 0.2) is 5.82 Å². The molecule has 2 N–H and O–H groups in total. The number of piperidine rings is 1. The number of pyridine rings is 2. The predicted molar refractivity (Wildman–Crippen MR) is 143 cm³/mol. The lowest BCUT2D eigenvalue weighted by Crippen LogP contribution is -2.52. The number of fused-ring (bicyclic) bond motifs is 3. The number of nitrogens with one attached hydrogen (secondary N) is 2. The molecule has 3 aromatic heterocycles. The van der Waals surface area contributed by atoms with E-state index >= 15 is 0 Å². The van der Waals surface area contributed by atoms with Crippen LogP contribution in [0.3, 0.4) is 0 Å². The summed E-state index contributed by atoms with van der Waals surface area (Å²) < 4.78 is 36.1. The van der Waals surface area contributed by atoms with Crippen molar-refractivity contribution in [2.45, 2.75) is 45.1 Å². The Kier molecular flexibility index (Phi) is 6.08. The van der Waals surface area contributed by atoms with Gasteiger partial charge in [0.25, 0.3) is 11.5 Å². The van der Waals surface area contributed by atoms with Crippen molar-refractivity contribution in [3.05, 3.63) is 33.8 Å². The van der Waals surface area contributed by atoms with Crippen LogP contribution >= 0.6 is 11.6 Å². The Bertz CT molecular complexity index is 1450. The van der Waals surface area contributed by atoms with Crippen LogP contribution in [0.25, 0.3) is 11.0 Å². The second-order valence-corrected chi connectivity index (χ2v) is 11.2. The minimum Gasteiger partial charge on any atom is -0.486 e. The van der Waals surface area contributed by atoms with Gasteiger partial charge in [0.1, 0.15) is 10.7 Å². The molecule has 1 saturated heterocycles. The van der Waals surface area contributed by atoms with Crippen molar-refractivity contribution in [3.8, 4) is 5.75 Å². The van der Waals surface area contributed by atoms with E-state index in [9.17, 15) is 13.6 Å². The first-order valence-corrected chi connectivity index (χ1v) is 13.4. The topological polar surface area (TPSA) is 97.2 Å². The van der Waals surface area contributed by atoms with Gasteiger partial charge in [0, 0.05) is 49.8 Å². The molecule has 1 saturated carbocycles. The number of ether oxygens (including phenoxy) is 1. The molecule has 202 valence electrons. The molecule has 12 heteroatoms. The van der Waals surface area contributed by atoms with Gasteiger partial charge >= 0.3 is 0 Å². The van der Waals surface area contributed by atoms with E-state index in [2.05, 4.69) is 25.6 Å². The standard InChI is InChI=1S/C26H30ClF2N7O2/c1-13-11-36(12-14(2)26(13,28)29)25-31-10-18(27)22(34-25)32-16-8-17-20-21(24(37)35(3)23(17)30-9-16)38-7-6-19(33-20)15-4-5-15/h8-10,13-15,19,33H,4-7,11-12H2,1-3H3,(H,31,32,34)/t13-,14+,19-/m1/s1. The summed E-state index contributed by atoms with van der Waals surface area (Å²) in [6.45, 7) is 3.85. The van der Waals surface area contributed by atoms with E-state index in [4.69, 9.17) is 16.3 Å². The van der Waals surface area contributed by atoms with Crippen molar-refractivity contribution < 1.29 is 13.5 Å². The largest absolute Gasteiger partial charge is 0.486 e. The molecule has 0 unspecified atom stereocenters. The van der Waals surface area contributed by atoms with Gasteiger partial charge in [-0.2, -0.15) is 4.98 Å². The van der Waals surface area contributed by atoms with Crippen LogP contribution < -0.4 is 25.8 Å². The molecule has 0 radical (unpaired) electrons. The number of anilines is 4. The third-order valence-electron chi connectivity index (χ3n) is 7.96. The zero-order valence-corrected chi connectivity index (χ0v) is 22.2. The highest BCUT2D eigenvalue weighted by Crippen LogP contribution is 2.41. The fourth-order valence-electron chi connectivity index (χ4n) is 5.49.